The minimum Gasteiger partial charge on any atom is -0.458 e. The predicted octanol–water partition coefficient (Wildman–Crippen LogP) is 4.51. The summed E-state index contributed by atoms with van der Waals surface area (Å²) in [6.45, 7) is 9.40. The van der Waals surface area contributed by atoms with E-state index in [9.17, 15) is 14.7 Å². The molecule has 0 bridgehead atoms. The highest BCUT2D eigenvalue weighted by Crippen LogP contribution is 2.45. The van der Waals surface area contributed by atoms with E-state index >= 15 is 0 Å². The number of aryl methyl sites for hydroxylation is 4. The Morgan fingerprint density at radius 3 is 2.50 bits per heavy atom. The summed E-state index contributed by atoms with van der Waals surface area (Å²) in [6.07, 6.45) is 5.80. The Balaban J connectivity index is 1.35. The van der Waals surface area contributed by atoms with E-state index in [1.54, 1.807) is 18.4 Å². The number of carbonyl (C=O) groups is 2. The van der Waals surface area contributed by atoms with Crippen LogP contribution < -0.4 is 0 Å². The molecule has 2 aliphatic rings. The number of aliphatic hydroxyl groups is 1. The maximum Gasteiger partial charge on any atom is 0.317 e. The van der Waals surface area contributed by atoms with Crippen molar-refractivity contribution in [3.63, 3.8) is 0 Å². The van der Waals surface area contributed by atoms with Gasteiger partial charge in [0.15, 0.2) is 11.6 Å². The maximum atomic E-state index is 13.5. The van der Waals surface area contributed by atoms with Crippen molar-refractivity contribution in [2.45, 2.75) is 97.2 Å². The van der Waals surface area contributed by atoms with Crippen LogP contribution in [0, 0.1) is 32.6 Å². The number of hydrogen-bond donors (Lipinski definition) is 1. The lowest BCUT2D eigenvalue weighted by molar-refractivity contribution is -0.185. The summed E-state index contributed by atoms with van der Waals surface area (Å²) in [5.74, 6) is -0.340. The lowest BCUT2D eigenvalue weighted by Crippen LogP contribution is -2.52. The normalized spacial score (nSPS) is 22.8. The fourth-order valence-corrected chi connectivity index (χ4v) is 6.48. The Morgan fingerprint density at radius 2 is 1.84 bits per heavy atom. The van der Waals surface area contributed by atoms with E-state index in [0.717, 1.165) is 53.8 Å². The zero-order valence-electron chi connectivity index (χ0n) is 23.1. The van der Waals surface area contributed by atoms with E-state index < -0.39 is 23.1 Å². The van der Waals surface area contributed by atoms with Gasteiger partial charge in [-0.05, 0) is 89.0 Å². The average molecular weight is 519 g/mol. The number of hydrogen-bond acceptors (Lipinski definition) is 7. The summed E-state index contributed by atoms with van der Waals surface area (Å²) >= 11 is 0. The predicted molar refractivity (Wildman–Crippen MR) is 143 cm³/mol. The first-order chi connectivity index (χ1) is 17.9. The molecule has 2 unspecified atom stereocenters. The maximum absolute atomic E-state index is 13.5. The van der Waals surface area contributed by atoms with E-state index in [2.05, 4.69) is 21.1 Å². The van der Waals surface area contributed by atoms with E-state index in [4.69, 9.17) is 4.74 Å². The number of carbonyl (C=O) groups excluding carboxylic acids is 2. The van der Waals surface area contributed by atoms with Gasteiger partial charge < -0.3 is 9.84 Å². The monoisotopic (exact) mass is 518 g/mol. The van der Waals surface area contributed by atoms with E-state index in [1.807, 2.05) is 39.0 Å². The number of ketones is 1. The van der Waals surface area contributed by atoms with E-state index in [1.165, 1.54) is 0 Å². The second-order valence-corrected chi connectivity index (χ2v) is 11.9. The number of Topliss-reactive ketones (excluding diaryl/α,β-unsaturated/α-hetero) is 1. The van der Waals surface area contributed by atoms with Crippen LogP contribution in [0.3, 0.4) is 0 Å². The molecule has 2 fully saturated rings. The van der Waals surface area contributed by atoms with Crippen molar-refractivity contribution >= 4 is 17.5 Å². The molecule has 2 aromatic heterocycles. The third-order valence-electron chi connectivity index (χ3n) is 8.39. The molecule has 3 aromatic rings. The van der Waals surface area contributed by atoms with Gasteiger partial charge in [0.2, 0.25) is 0 Å². The topological polar surface area (TPSA) is 107 Å². The van der Waals surface area contributed by atoms with Crippen LogP contribution in [-0.2, 0) is 32.8 Å². The second-order valence-electron chi connectivity index (χ2n) is 11.9. The van der Waals surface area contributed by atoms with Gasteiger partial charge in [0.05, 0.1) is 5.60 Å². The molecular formula is C30H38N4O4. The fourth-order valence-electron chi connectivity index (χ4n) is 6.48. The van der Waals surface area contributed by atoms with Crippen LogP contribution in [0.15, 0.2) is 24.3 Å². The van der Waals surface area contributed by atoms with Gasteiger partial charge in [0.25, 0.3) is 5.78 Å². The molecule has 1 N–H and O–H groups in total. The van der Waals surface area contributed by atoms with E-state index in [0.29, 0.717) is 24.4 Å². The fraction of sp³-hybridized carbons (Fsp3) is 0.567. The van der Waals surface area contributed by atoms with Crippen molar-refractivity contribution in [2.75, 3.05) is 0 Å². The van der Waals surface area contributed by atoms with Crippen molar-refractivity contribution < 1.29 is 19.4 Å². The first-order valence-corrected chi connectivity index (χ1v) is 13.7. The SMILES string of the molecule is Cc1cc(C)n2nc(CC3C(=O)CC(CCc4ccc(C(C)(C)O)c(C)c4)(C4CCCC4)OC3=O)nc2n1. The number of rotatable bonds is 7. The van der Waals surface area contributed by atoms with Crippen LogP contribution in [0.1, 0.15) is 86.3 Å². The van der Waals surface area contributed by atoms with E-state index in [-0.39, 0.29) is 24.5 Å². The summed E-state index contributed by atoms with van der Waals surface area (Å²) in [7, 11) is 0. The second kappa shape index (κ2) is 9.88. The Labute approximate surface area is 223 Å². The number of cyclic esters (lactones) is 1. The van der Waals surface area contributed by atoms with Gasteiger partial charge in [0.1, 0.15) is 11.5 Å². The number of benzene rings is 1. The zero-order valence-corrected chi connectivity index (χ0v) is 23.1. The molecule has 1 aliphatic carbocycles. The molecule has 1 aliphatic heterocycles. The van der Waals surface area contributed by atoms with Crippen LogP contribution >= 0.6 is 0 Å². The third-order valence-corrected chi connectivity index (χ3v) is 8.39. The van der Waals surface area contributed by atoms with Crippen molar-refractivity contribution in [3.05, 3.63) is 58.2 Å². The average Bonchev–Trinajstić information content (AvgIpc) is 3.50. The molecular weight excluding hydrogens is 480 g/mol. The molecule has 1 saturated carbocycles. The van der Waals surface area contributed by atoms with Crippen molar-refractivity contribution in [2.24, 2.45) is 11.8 Å². The van der Waals surface area contributed by atoms with Crippen molar-refractivity contribution in [1.82, 2.24) is 19.6 Å². The molecule has 0 radical (unpaired) electrons. The molecule has 8 nitrogen and oxygen atoms in total. The molecule has 0 amide bonds. The van der Waals surface area contributed by atoms with Gasteiger partial charge in [-0.25, -0.2) is 9.50 Å². The Bertz CT molecular complexity index is 1360. The molecule has 0 spiro atoms. The zero-order chi connectivity index (χ0) is 27.2. The molecule has 38 heavy (non-hydrogen) atoms. The Morgan fingerprint density at radius 1 is 1.11 bits per heavy atom. The lowest BCUT2D eigenvalue weighted by Gasteiger charge is -2.43. The first kappa shape index (κ1) is 26.5. The molecule has 202 valence electrons. The molecule has 1 aromatic carbocycles. The number of fused-ring (bicyclic) bond motifs is 1. The molecule has 3 heterocycles. The van der Waals surface area contributed by atoms with Crippen LogP contribution in [0.2, 0.25) is 0 Å². The summed E-state index contributed by atoms with van der Waals surface area (Å²) < 4.78 is 7.93. The first-order valence-electron chi connectivity index (χ1n) is 13.7. The highest BCUT2D eigenvalue weighted by atomic mass is 16.6. The minimum atomic E-state index is -0.905. The van der Waals surface area contributed by atoms with Crippen LogP contribution in [-0.4, -0.2) is 42.0 Å². The molecule has 5 rings (SSSR count). The van der Waals surface area contributed by atoms with Gasteiger partial charge in [-0.1, -0.05) is 31.0 Å². The van der Waals surface area contributed by atoms with Gasteiger partial charge in [-0.3, -0.25) is 9.59 Å². The molecule has 8 heteroatoms. The highest BCUT2D eigenvalue weighted by molar-refractivity contribution is 6.01. The standard InChI is InChI=1S/C30H38N4O4/c1-18-14-21(10-11-24(18)29(4,5)37)12-13-30(22-8-6-7-9-22)17-25(35)23(27(36)38-30)16-26-32-28-31-19(2)15-20(3)34(28)33-26/h10-11,14-15,22-23,37H,6-9,12-13,16-17H2,1-5H3. The highest BCUT2D eigenvalue weighted by Gasteiger charge is 2.51. The summed E-state index contributed by atoms with van der Waals surface area (Å²) in [6, 6.07) is 8.02. The number of esters is 1. The largest absolute Gasteiger partial charge is 0.458 e. The van der Waals surface area contributed by atoms with Gasteiger partial charge >= 0.3 is 5.97 Å². The van der Waals surface area contributed by atoms with Crippen LogP contribution in [0.25, 0.3) is 5.78 Å². The number of aromatic nitrogens is 4. The van der Waals surface area contributed by atoms with Crippen LogP contribution in [0.5, 0.6) is 0 Å². The van der Waals surface area contributed by atoms with Gasteiger partial charge in [-0.2, -0.15) is 4.98 Å². The summed E-state index contributed by atoms with van der Waals surface area (Å²) in [4.78, 5) is 35.8. The van der Waals surface area contributed by atoms with Gasteiger partial charge in [-0.15, -0.1) is 5.10 Å². The van der Waals surface area contributed by atoms with Crippen molar-refractivity contribution in [3.8, 4) is 0 Å². The van der Waals surface area contributed by atoms with Crippen LogP contribution in [0.4, 0.5) is 0 Å². The Kier molecular flexibility index (Phi) is 6.88. The number of nitrogens with zero attached hydrogens (tertiary/aromatic N) is 4. The third kappa shape index (κ3) is 5.10. The summed E-state index contributed by atoms with van der Waals surface area (Å²) in [5.41, 5.74) is 3.11. The van der Waals surface area contributed by atoms with Crippen molar-refractivity contribution in [1.29, 1.82) is 0 Å². The summed E-state index contributed by atoms with van der Waals surface area (Å²) in [5, 5.41) is 14.9. The smallest absolute Gasteiger partial charge is 0.317 e. The quantitative estimate of drug-likeness (QED) is 0.362. The number of ether oxygens (including phenoxy) is 1. The van der Waals surface area contributed by atoms with Gasteiger partial charge in [0, 0.05) is 24.2 Å². The Hall–Kier alpha value is -3.13. The molecule has 1 saturated heterocycles. The lowest BCUT2D eigenvalue weighted by atomic mass is 9.73. The minimum absolute atomic E-state index is 0.0820. The molecule has 2 atom stereocenters.